The van der Waals surface area contributed by atoms with Gasteiger partial charge in [-0.15, -0.1) is 0 Å². The summed E-state index contributed by atoms with van der Waals surface area (Å²) >= 11 is 0. The molecule has 0 aliphatic rings. The molecule has 1 N–H and O–H groups in total. The summed E-state index contributed by atoms with van der Waals surface area (Å²) in [5.74, 6) is 0. The Balaban J connectivity index is 3.13. The molecule has 0 aliphatic carbocycles. The minimum absolute atomic E-state index is 0.0924. The molecule has 0 fully saturated rings. The molecule has 1 aromatic carbocycles. The van der Waals surface area contributed by atoms with E-state index in [0.29, 0.717) is 6.41 Å². The van der Waals surface area contributed by atoms with Crippen LogP contribution in [0.4, 0.5) is 18.9 Å². The highest BCUT2D eigenvalue weighted by Crippen LogP contribution is 2.35. The number of rotatable bonds is 3. The Kier molecular flexibility index (Phi) is 3.14. The number of nitrogens with one attached hydrogen (secondary N) is 1. The standard InChI is InChI=1S/C10H8F3NO/c1-7(10(11,12)13)8-4-2-3-5-9(8)14-6-15/h2-6H,1H2,(H,14,15). The Morgan fingerprint density at radius 2 is 1.93 bits per heavy atom. The quantitative estimate of drug-likeness (QED) is 0.772. The molecule has 1 rings (SSSR count). The topological polar surface area (TPSA) is 29.1 Å². The van der Waals surface area contributed by atoms with E-state index < -0.39 is 11.7 Å². The summed E-state index contributed by atoms with van der Waals surface area (Å²) in [6, 6.07) is 5.60. The van der Waals surface area contributed by atoms with Gasteiger partial charge < -0.3 is 5.32 Å². The van der Waals surface area contributed by atoms with Gasteiger partial charge in [-0.3, -0.25) is 4.79 Å². The summed E-state index contributed by atoms with van der Waals surface area (Å²) in [7, 11) is 0. The van der Waals surface area contributed by atoms with E-state index in [0.717, 1.165) is 0 Å². The Hall–Kier alpha value is -1.78. The molecule has 0 bridgehead atoms. The van der Waals surface area contributed by atoms with E-state index in [1.165, 1.54) is 24.3 Å². The van der Waals surface area contributed by atoms with Crippen LogP contribution in [0.25, 0.3) is 5.57 Å². The normalized spacial score (nSPS) is 10.9. The number of hydrogen-bond acceptors (Lipinski definition) is 1. The van der Waals surface area contributed by atoms with Crippen molar-refractivity contribution in [3.05, 3.63) is 36.4 Å². The molecule has 2 nitrogen and oxygen atoms in total. The van der Waals surface area contributed by atoms with Crippen LogP contribution < -0.4 is 5.32 Å². The molecule has 0 atom stereocenters. The van der Waals surface area contributed by atoms with Crippen LogP contribution in [0.3, 0.4) is 0 Å². The number of allylic oxidation sites excluding steroid dienone is 1. The average Bonchev–Trinajstić information content (AvgIpc) is 2.17. The van der Waals surface area contributed by atoms with E-state index >= 15 is 0 Å². The van der Waals surface area contributed by atoms with Crippen molar-refractivity contribution >= 4 is 17.7 Å². The number of para-hydroxylation sites is 1. The van der Waals surface area contributed by atoms with Crippen LogP contribution in [0.1, 0.15) is 5.56 Å². The first kappa shape index (κ1) is 11.3. The van der Waals surface area contributed by atoms with Crippen LogP contribution in [-0.4, -0.2) is 12.6 Å². The lowest BCUT2D eigenvalue weighted by atomic mass is 10.1. The van der Waals surface area contributed by atoms with Crippen molar-refractivity contribution in [3.63, 3.8) is 0 Å². The zero-order valence-electron chi connectivity index (χ0n) is 7.64. The van der Waals surface area contributed by atoms with Crippen molar-refractivity contribution in [2.75, 3.05) is 5.32 Å². The number of alkyl halides is 3. The van der Waals surface area contributed by atoms with Crippen molar-refractivity contribution in [1.29, 1.82) is 0 Å². The monoisotopic (exact) mass is 215 g/mol. The summed E-state index contributed by atoms with van der Waals surface area (Å²) in [5, 5.41) is 2.19. The van der Waals surface area contributed by atoms with Crippen LogP contribution >= 0.6 is 0 Å². The van der Waals surface area contributed by atoms with Gasteiger partial charge in [0.25, 0.3) is 0 Å². The van der Waals surface area contributed by atoms with E-state index in [-0.39, 0.29) is 11.3 Å². The highest BCUT2D eigenvalue weighted by Gasteiger charge is 2.33. The predicted molar refractivity (Wildman–Crippen MR) is 51.2 cm³/mol. The van der Waals surface area contributed by atoms with Gasteiger partial charge in [0.05, 0.1) is 5.57 Å². The van der Waals surface area contributed by atoms with Crippen LogP contribution in [0.2, 0.25) is 0 Å². The average molecular weight is 215 g/mol. The number of carbonyl (C=O) groups is 1. The first-order valence-corrected chi connectivity index (χ1v) is 4.02. The fraction of sp³-hybridized carbons (Fsp3) is 0.100. The third-order valence-corrected chi connectivity index (χ3v) is 1.81. The van der Waals surface area contributed by atoms with Crippen LogP contribution in [-0.2, 0) is 4.79 Å². The second-order valence-electron chi connectivity index (χ2n) is 2.78. The van der Waals surface area contributed by atoms with E-state index in [2.05, 4.69) is 11.9 Å². The SMILES string of the molecule is C=C(c1ccccc1NC=O)C(F)(F)F. The first-order valence-electron chi connectivity index (χ1n) is 4.02. The van der Waals surface area contributed by atoms with E-state index in [1.54, 1.807) is 0 Å². The fourth-order valence-corrected chi connectivity index (χ4v) is 1.09. The Morgan fingerprint density at radius 1 is 1.33 bits per heavy atom. The lowest BCUT2D eigenvalue weighted by molar-refractivity contribution is -0.105. The molecule has 80 valence electrons. The van der Waals surface area contributed by atoms with Crippen molar-refractivity contribution < 1.29 is 18.0 Å². The van der Waals surface area contributed by atoms with Gasteiger partial charge >= 0.3 is 6.18 Å². The van der Waals surface area contributed by atoms with Crippen LogP contribution in [0.15, 0.2) is 30.8 Å². The summed E-state index contributed by atoms with van der Waals surface area (Å²) in [4.78, 5) is 10.2. The number of benzene rings is 1. The minimum Gasteiger partial charge on any atom is -0.328 e. The van der Waals surface area contributed by atoms with Gasteiger partial charge in [-0.2, -0.15) is 13.2 Å². The lowest BCUT2D eigenvalue weighted by Crippen LogP contribution is -2.11. The van der Waals surface area contributed by atoms with Crippen molar-refractivity contribution in [2.45, 2.75) is 6.18 Å². The second kappa shape index (κ2) is 4.16. The number of hydrogen-bond donors (Lipinski definition) is 1. The molecule has 0 unspecified atom stereocenters. The smallest absolute Gasteiger partial charge is 0.328 e. The zero-order chi connectivity index (χ0) is 11.5. The molecular formula is C10H8F3NO. The Bertz CT molecular complexity index is 384. The second-order valence-corrected chi connectivity index (χ2v) is 2.78. The highest BCUT2D eigenvalue weighted by molar-refractivity contribution is 5.83. The fourth-order valence-electron chi connectivity index (χ4n) is 1.09. The number of carbonyl (C=O) groups excluding carboxylic acids is 1. The molecule has 0 radical (unpaired) electrons. The molecule has 15 heavy (non-hydrogen) atoms. The number of halogens is 3. The molecule has 0 saturated carbocycles. The minimum atomic E-state index is -4.50. The maximum Gasteiger partial charge on any atom is 0.416 e. The van der Waals surface area contributed by atoms with E-state index in [4.69, 9.17) is 0 Å². The molecule has 1 amide bonds. The predicted octanol–water partition coefficient (Wildman–Crippen LogP) is 2.83. The van der Waals surface area contributed by atoms with E-state index in [1.807, 2.05) is 0 Å². The van der Waals surface area contributed by atoms with Gasteiger partial charge in [0, 0.05) is 11.3 Å². The Morgan fingerprint density at radius 3 is 2.47 bits per heavy atom. The van der Waals surface area contributed by atoms with Crippen molar-refractivity contribution in [1.82, 2.24) is 0 Å². The molecular weight excluding hydrogens is 207 g/mol. The molecule has 0 spiro atoms. The van der Waals surface area contributed by atoms with Crippen LogP contribution in [0.5, 0.6) is 0 Å². The van der Waals surface area contributed by atoms with Crippen LogP contribution in [0, 0.1) is 0 Å². The van der Waals surface area contributed by atoms with Gasteiger partial charge in [-0.1, -0.05) is 24.8 Å². The summed E-state index contributed by atoms with van der Waals surface area (Å²) < 4.78 is 37.0. The highest BCUT2D eigenvalue weighted by atomic mass is 19.4. The largest absolute Gasteiger partial charge is 0.416 e. The van der Waals surface area contributed by atoms with Gasteiger partial charge in [0.15, 0.2) is 0 Å². The van der Waals surface area contributed by atoms with Gasteiger partial charge in [0.1, 0.15) is 0 Å². The van der Waals surface area contributed by atoms with Crippen molar-refractivity contribution in [2.24, 2.45) is 0 Å². The first-order chi connectivity index (χ1) is 6.96. The van der Waals surface area contributed by atoms with Gasteiger partial charge in [0.2, 0.25) is 6.41 Å². The molecule has 1 aromatic rings. The maximum absolute atomic E-state index is 12.3. The Labute approximate surface area is 84.4 Å². The molecule has 0 saturated heterocycles. The summed E-state index contributed by atoms with van der Waals surface area (Å²) in [5.41, 5.74) is -1.01. The molecule has 0 aliphatic heterocycles. The van der Waals surface area contributed by atoms with Gasteiger partial charge in [-0.25, -0.2) is 0 Å². The van der Waals surface area contributed by atoms with Crippen molar-refractivity contribution in [3.8, 4) is 0 Å². The third-order valence-electron chi connectivity index (χ3n) is 1.81. The van der Waals surface area contributed by atoms with E-state index in [9.17, 15) is 18.0 Å². The molecule has 5 heteroatoms. The summed E-state index contributed by atoms with van der Waals surface area (Å²) in [6.45, 7) is 2.96. The maximum atomic E-state index is 12.3. The molecule has 0 heterocycles. The lowest BCUT2D eigenvalue weighted by Gasteiger charge is -2.13. The number of anilines is 1. The molecule has 0 aromatic heterocycles. The van der Waals surface area contributed by atoms with Gasteiger partial charge in [-0.05, 0) is 6.07 Å². The third kappa shape index (κ3) is 2.59. The zero-order valence-corrected chi connectivity index (χ0v) is 7.64. The number of amides is 1. The summed E-state index contributed by atoms with van der Waals surface area (Å²) in [6.07, 6.45) is -4.18.